The molecular weight excluding hydrogens is 344 g/mol. The summed E-state index contributed by atoms with van der Waals surface area (Å²) in [5.74, 6) is 1.17. The topological polar surface area (TPSA) is 59.8 Å². The monoisotopic (exact) mass is 364 g/mol. The van der Waals surface area contributed by atoms with E-state index in [1.54, 1.807) is 0 Å². The lowest BCUT2D eigenvalue weighted by atomic mass is 10.1. The average molecular weight is 364 g/mol. The van der Waals surface area contributed by atoms with Crippen LogP contribution in [0.3, 0.4) is 0 Å². The molecule has 1 amide bonds. The van der Waals surface area contributed by atoms with Gasteiger partial charge in [-0.3, -0.25) is 9.36 Å². The summed E-state index contributed by atoms with van der Waals surface area (Å²) in [6.07, 6.45) is 2.18. The number of nitrogens with one attached hydrogen (secondary N) is 1. The third-order valence-corrected chi connectivity index (χ3v) is 5.16. The molecule has 1 N–H and O–H groups in total. The van der Waals surface area contributed by atoms with Crippen molar-refractivity contribution >= 4 is 17.7 Å². The van der Waals surface area contributed by atoms with Crippen molar-refractivity contribution in [2.24, 2.45) is 0 Å². The van der Waals surface area contributed by atoms with E-state index >= 15 is 0 Å². The van der Waals surface area contributed by atoms with Gasteiger partial charge in [0.05, 0.1) is 5.75 Å². The van der Waals surface area contributed by atoms with E-state index in [0.717, 1.165) is 35.1 Å². The number of carbonyl (C=O) groups is 1. The summed E-state index contributed by atoms with van der Waals surface area (Å²) in [4.78, 5) is 12.0. The molecule has 4 rings (SSSR count). The van der Waals surface area contributed by atoms with E-state index in [1.807, 2.05) is 47.0 Å². The van der Waals surface area contributed by atoms with Gasteiger partial charge >= 0.3 is 0 Å². The maximum absolute atomic E-state index is 12.0. The van der Waals surface area contributed by atoms with Crippen molar-refractivity contribution in [2.45, 2.75) is 31.0 Å². The summed E-state index contributed by atoms with van der Waals surface area (Å²) in [6.45, 7) is 2.06. The van der Waals surface area contributed by atoms with Crippen molar-refractivity contribution in [2.75, 3.05) is 5.75 Å². The van der Waals surface area contributed by atoms with Gasteiger partial charge in [0.2, 0.25) is 5.91 Å². The molecule has 0 aliphatic heterocycles. The first-order valence-corrected chi connectivity index (χ1v) is 9.69. The highest BCUT2D eigenvalue weighted by atomic mass is 32.2. The summed E-state index contributed by atoms with van der Waals surface area (Å²) in [6, 6.07) is 18.6. The van der Waals surface area contributed by atoms with Crippen LogP contribution in [0, 0.1) is 6.92 Å². The van der Waals surface area contributed by atoms with Crippen LogP contribution in [0.5, 0.6) is 0 Å². The summed E-state index contributed by atoms with van der Waals surface area (Å²) < 4.78 is 2.01. The van der Waals surface area contributed by atoms with Gasteiger partial charge in [0.15, 0.2) is 11.0 Å². The Morgan fingerprint density at radius 1 is 1.12 bits per heavy atom. The quantitative estimate of drug-likeness (QED) is 0.679. The molecule has 1 aliphatic rings. The van der Waals surface area contributed by atoms with Gasteiger partial charge in [-0.2, -0.15) is 0 Å². The maximum Gasteiger partial charge on any atom is 0.230 e. The van der Waals surface area contributed by atoms with E-state index in [-0.39, 0.29) is 5.91 Å². The van der Waals surface area contributed by atoms with Crippen molar-refractivity contribution in [1.29, 1.82) is 0 Å². The standard InChI is InChI=1S/C20H20N4OS/c1-14-7-9-15(10-8-14)19-22-23-20(24(19)17-5-3-2-4-6-17)26-13-18(25)21-16-11-12-16/h2-10,16H,11-13H2,1H3,(H,21,25). The van der Waals surface area contributed by atoms with Crippen molar-refractivity contribution in [3.05, 3.63) is 60.2 Å². The van der Waals surface area contributed by atoms with Crippen LogP contribution in [0.15, 0.2) is 59.8 Å². The highest BCUT2D eigenvalue weighted by molar-refractivity contribution is 7.99. The molecule has 0 spiro atoms. The molecule has 0 atom stereocenters. The van der Waals surface area contributed by atoms with Gasteiger partial charge in [0.25, 0.3) is 0 Å². The Kier molecular flexibility index (Phi) is 4.75. The Morgan fingerprint density at radius 2 is 1.85 bits per heavy atom. The van der Waals surface area contributed by atoms with Crippen LogP contribution in [0.1, 0.15) is 18.4 Å². The number of aromatic nitrogens is 3. The second-order valence-corrected chi connectivity index (χ2v) is 7.42. The number of hydrogen-bond donors (Lipinski definition) is 1. The molecule has 0 unspecified atom stereocenters. The van der Waals surface area contributed by atoms with Gasteiger partial charge in [-0.1, -0.05) is 59.8 Å². The maximum atomic E-state index is 12.0. The minimum absolute atomic E-state index is 0.0528. The first-order chi connectivity index (χ1) is 12.7. The number of amides is 1. The normalized spacial score (nSPS) is 13.6. The first kappa shape index (κ1) is 16.8. The molecule has 0 bridgehead atoms. The molecule has 5 nitrogen and oxygen atoms in total. The van der Waals surface area contributed by atoms with Crippen LogP contribution in [-0.2, 0) is 4.79 Å². The second kappa shape index (κ2) is 7.33. The van der Waals surface area contributed by atoms with Gasteiger partial charge in [-0.05, 0) is 31.9 Å². The fourth-order valence-electron chi connectivity index (χ4n) is 2.69. The summed E-state index contributed by atoms with van der Waals surface area (Å²) in [7, 11) is 0. The zero-order chi connectivity index (χ0) is 17.9. The van der Waals surface area contributed by atoms with Crippen LogP contribution in [0.25, 0.3) is 17.1 Å². The molecule has 0 saturated heterocycles. The largest absolute Gasteiger partial charge is 0.353 e. The Bertz CT molecular complexity index is 901. The third-order valence-electron chi connectivity index (χ3n) is 4.23. The van der Waals surface area contributed by atoms with E-state index in [2.05, 4.69) is 34.6 Å². The summed E-state index contributed by atoms with van der Waals surface area (Å²) >= 11 is 1.42. The van der Waals surface area contributed by atoms with Crippen molar-refractivity contribution in [1.82, 2.24) is 20.1 Å². The number of aryl methyl sites for hydroxylation is 1. The van der Waals surface area contributed by atoms with Crippen LogP contribution in [0.2, 0.25) is 0 Å². The molecule has 1 aromatic heterocycles. The zero-order valence-electron chi connectivity index (χ0n) is 14.6. The predicted molar refractivity (Wildman–Crippen MR) is 103 cm³/mol. The fraction of sp³-hybridized carbons (Fsp3) is 0.250. The van der Waals surface area contributed by atoms with Gasteiger partial charge in [-0.25, -0.2) is 0 Å². The number of nitrogens with zero attached hydrogens (tertiary/aromatic N) is 3. The van der Waals surface area contributed by atoms with Gasteiger partial charge in [0, 0.05) is 17.3 Å². The second-order valence-electron chi connectivity index (χ2n) is 6.47. The number of hydrogen-bond acceptors (Lipinski definition) is 4. The van der Waals surface area contributed by atoms with Crippen LogP contribution >= 0.6 is 11.8 Å². The molecule has 1 heterocycles. The molecule has 3 aromatic rings. The molecule has 0 radical (unpaired) electrons. The average Bonchev–Trinajstić information content (AvgIpc) is 3.37. The highest BCUT2D eigenvalue weighted by Crippen LogP contribution is 2.28. The fourth-order valence-corrected chi connectivity index (χ4v) is 3.45. The van der Waals surface area contributed by atoms with E-state index in [9.17, 15) is 4.79 Å². The lowest BCUT2D eigenvalue weighted by Crippen LogP contribution is -2.27. The first-order valence-electron chi connectivity index (χ1n) is 8.71. The Hall–Kier alpha value is -2.60. The predicted octanol–water partition coefficient (Wildman–Crippen LogP) is 3.61. The van der Waals surface area contributed by atoms with Crippen molar-refractivity contribution in [3.63, 3.8) is 0 Å². The lowest BCUT2D eigenvalue weighted by Gasteiger charge is -2.10. The number of para-hydroxylation sites is 1. The van der Waals surface area contributed by atoms with Crippen LogP contribution < -0.4 is 5.32 Å². The number of benzene rings is 2. The van der Waals surface area contributed by atoms with Gasteiger partial charge in [-0.15, -0.1) is 10.2 Å². The number of rotatable bonds is 6. The Balaban J connectivity index is 1.65. The Labute approximate surface area is 156 Å². The van der Waals surface area contributed by atoms with E-state index in [1.165, 1.54) is 17.3 Å². The lowest BCUT2D eigenvalue weighted by molar-refractivity contribution is -0.118. The number of thioether (sulfide) groups is 1. The summed E-state index contributed by atoms with van der Waals surface area (Å²) in [5.41, 5.74) is 3.19. The van der Waals surface area contributed by atoms with Crippen LogP contribution in [-0.4, -0.2) is 32.5 Å². The van der Waals surface area contributed by atoms with Crippen molar-refractivity contribution in [3.8, 4) is 17.1 Å². The third kappa shape index (κ3) is 3.80. The SMILES string of the molecule is Cc1ccc(-c2nnc(SCC(=O)NC3CC3)n2-c2ccccc2)cc1. The van der Waals surface area contributed by atoms with Gasteiger partial charge in [0.1, 0.15) is 0 Å². The van der Waals surface area contributed by atoms with E-state index in [4.69, 9.17) is 0 Å². The van der Waals surface area contributed by atoms with E-state index in [0.29, 0.717) is 11.8 Å². The number of carbonyl (C=O) groups excluding carboxylic acids is 1. The Morgan fingerprint density at radius 3 is 2.54 bits per heavy atom. The molecule has 1 saturated carbocycles. The molecule has 1 aliphatic carbocycles. The highest BCUT2D eigenvalue weighted by Gasteiger charge is 2.24. The van der Waals surface area contributed by atoms with Gasteiger partial charge < -0.3 is 5.32 Å². The molecule has 2 aromatic carbocycles. The zero-order valence-corrected chi connectivity index (χ0v) is 15.4. The minimum Gasteiger partial charge on any atom is -0.353 e. The van der Waals surface area contributed by atoms with E-state index < -0.39 is 0 Å². The summed E-state index contributed by atoms with van der Waals surface area (Å²) in [5, 5.41) is 12.5. The smallest absolute Gasteiger partial charge is 0.230 e. The molecule has 6 heteroatoms. The molecule has 132 valence electrons. The van der Waals surface area contributed by atoms with Crippen LogP contribution in [0.4, 0.5) is 0 Å². The molecule has 26 heavy (non-hydrogen) atoms. The van der Waals surface area contributed by atoms with Crippen molar-refractivity contribution < 1.29 is 4.79 Å². The molecule has 1 fully saturated rings. The minimum atomic E-state index is 0.0528. The molecular formula is C20H20N4OS.